The summed E-state index contributed by atoms with van der Waals surface area (Å²) in [4.78, 5) is 3.45. The average Bonchev–Trinajstić information content (AvgIpc) is 2.74. The van der Waals surface area contributed by atoms with Crippen LogP contribution in [0.3, 0.4) is 0 Å². The number of rotatable bonds is 7. The molecule has 0 N–H and O–H groups in total. The summed E-state index contributed by atoms with van der Waals surface area (Å²) in [5.74, 6) is 0.0476. The van der Waals surface area contributed by atoms with Gasteiger partial charge in [-0.15, -0.1) is 11.8 Å². The third kappa shape index (κ3) is 5.04. The molecule has 0 radical (unpaired) electrons. The fraction of sp³-hybridized carbons (Fsp3) is 0.200. The van der Waals surface area contributed by atoms with Crippen molar-refractivity contribution in [1.82, 2.24) is 4.90 Å². The van der Waals surface area contributed by atoms with Gasteiger partial charge in [0.2, 0.25) is 0 Å². The van der Waals surface area contributed by atoms with Gasteiger partial charge in [-0.3, -0.25) is 4.90 Å². The summed E-state index contributed by atoms with van der Waals surface area (Å²) in [6.07, 6.45) is 2.01. The van der Waals surface area contributed by atoms with E-state index in [1.165, 1.54) is 16.5 Å². The van der Waals surface area contributed by atoms with Crippen LogP contribution in [-0.2, 0) is 15.6 Å². The Morgan fingerprint density at radius 1 is 0.867 bits per heavy atom. The molecular weight excluding hydrogens is 410 g/mol. The van der Waals surface area contributed by atoms with E-state index >= 15 is 0 Å². The third-order valence-electron chi connectivity index (χ3n) is 5.28. The number of nitrogens with zero attached hydrogens (tertiary/aromatic N) is 1. The molecule has 0 bridgehead atoms. The molecule has 1 heterocycles. The highest BCUT2D eigenvalue weighted by atomic mass is 32.2. The second-order valence-electron chi connectivity index (χ2n) is 7.56. The van der Waals surface area contributed by atoms with E-state index in [1.54, 1.807) is 11.8 Å². The van der Waals surface area contributed by atoms with Crippen LogP contribution in [0.15, 0.2) is 101 Å². The highest BCUT2D eigenvalue weighted by Crippen LogP contribution is 2.34. The van der Waals surface area contributed by atoms with E-state index in [1.807, 2.05) is 42.7 Å². The number of benzene rings is 3. The zero-order chi connectivity index (χ0) is 21.0. The first kappa shape index (κ1) is 20.9. The van der Waals surface area contributed by atoms with Crippen molar-refractivity contribution in [1.29, 1.82) is 0 Å². The maximum Gasteiger partial charge on any atom is 0.175 e. The number of sulfone groups is 1. The van der Waals surface area contributed by atoms with E-state index in [2.05, 4.69) is 53.4 Å². The van der Waals surface area contributed by atoms with Crippen molar-refractivity contribution in [3.63, 3.8) is 0 Å². The molecule has 1 saturated heterocycles. The molecule has 0 unspecified atom stereocenters. The van der Waals surface area contributed by atoms with Gasteiger partial charge in [0.05, 0.1) is 11.8 Å². The maximum atomic E-state index is 12.7. The summed E-state index contributed by atoms with van der Waals surface area (Å²) in [6.45, 7) is 1.33. The molecule has 0 aromatic heterocycles. The number of hydrogen-bond acceptors (Lipinski definition) is 4. The lowest BCUT2D eigenvalue weighted by Crippen LogP contribution is -2.43. The molecule has 3 nitrogen and oxygen atoms in total. The lowest BCUT2D eigenvalue weighted by atomic mass is 9.93. The number of hydrogen-bond donors (Lipinski definition) is 0. The van der Waals surface area contributed by atoms with Gasteiger partial charge < -0.3 is 0 Å². The fourth-order valence-electron chi connectivity index (χ4n) is 3.87. The van der Waals surface area contributed by atoms with Crippen LogP contribution >= 0.6 is 11.8 Å². The van der Waals surface area contributed by atoms with E-state index in [4.69, 9.17) is 0 Å². The van der Waals surface area contributed by atoms with Crippen LogP contribution < -0.4 is 0 Å². The Morgan fingerprint density at radius 3 is 1.90 bits per heavy atom. The van der Waals surface area contributed by atoms with Gasteiger partial charge in [-0.05, 0) is 40.7 Å². The first-order chi connectivity index (χ1) is 14.5. The zero-order valence-corrected chi connectivity index (χ0v) is 18.6. The first-order valence-electron chi connectivity index (χ1n) is 9.93. The molecule has 1 aliphatic heterocycles. The van der Waals surface area contributed by atoms with Crippen molar-refractivity contribution < 1.29 is 8.42 Å². The molecule has 3 aromatic rings. The highest BCUT2D eigenvalue weighted by molar-refractivity contribution is 7.98. The minimum atomic E-state index is -3.29. The summed E-state index contributed by atoms with van der Waals surface area (Å²) < 4.78 is 25.3. The van der Waals surface area contributed by atoms with Crippen molar-refractivity contribution in [2.75, 3.05) is 19.3 Å². The standard InChI is InChI=1S/C25H25NO2S2/c1-29-24-14-12-20(13-15-24)18-30(27,28)19-21-16-26(17-21)25(22-8-4-2-5-9-22)23-10-6-3-7-11-23/h2-15,19,25H,16-18H2,1H3. The first-order valence-corrected chi connectivity index (χ1v) is 12.9. The van der Waals surface area contributed by atoms with Gasteiger partial charge in [0.1, 0.15) is 0 Å². The molecule has 1 fully saturated rings. The molecule has 0 aliphatic carbocycles. The van der Waals surface area contributed by atoms with E-state index in [-0.39, 0.29) is 11.8 Å². The summed E-state index contributed by atoms with van der Waals surface area (Å²) >= 11 is 1.65. The Hall–Kier alpha value is -2.34. The summed E-state index contributed by atoms with van der Waals surface area (Å²) in [5.41, 5.74) is 4.24. The Kier molecular flexibility index (Phi) is 6.42. The van der Waals surface area contributed by atoms with Crippen LogP contribution in [0.2, 0.25) is 0 Å². The summed E-state index contributed by atoms with van der Waals surface area (Å²) in [5, 5.41) is 1.49. The number of thioether (sulfide) groups is 1. The predicted molar refractivity (Wildman–Crippen MR) is 125 cm³/mol. The van der Waals surface area contributed by atoms with Crippen LogP contribution in [-0.4, -0.2) is 32.7 Å². The molecule has 0 saturated carbocycles. The molecule has 4 rings (SSSR count). The highest BCUT2D eigenvalue weighted by Gasteiger charge is 2.31. The molecule has 0 amide bonds. The van der Waals surface area contributed by atoms with Crippen molar-refractivity contribution in [3.8, 4) is 0 Å². The van der Waals surface area contributed by atoms with E-state index in [0.29, 0.717) is 13.1 Å². The van der Waals surface area contributed by atoms with E-state index < -0.39 is 9.84 Å². The van der Waals surface area contributed by atoms with Gasteiger partial charge in [-0.2, -0.15) is 0 Å². The maximum absolute atomic E-state index is 12.7. The van der Waals surface area contributed by atoms with E-state index in [9.17, 15) is 8.42 Å². The van der Waals surface area contributed by atoms with Crippen molar-refractivity contribution in [2.45, 2.75) is 16.7 Å². The van der Waals surface area contributed by atoms with Crippen molar-refractivity contribution in [3.05, 3.63) is 113 Å². The average molecular weight is 436 g/mol. The normalized spacial score (nSPS) is 14.5. The monoisotopic (exact) mass is 435 g/mol. The van der Waals surface area contributed by atoms with Gasteiger partial charge in [0.15, 0.2) is 9.84 Å². The molecule has 1 aliphatic rings. The summed E-state index contributed by atoms with van der Waals surface area (Å²) in [7, 11) is -3.29. The Labute approximate surface area is 183 Å². The minimum Gasteiger partial charge on any atom is -0.284 e. The smallest absolute Gasteiger partial charge is 0.175 e. The largest absolute Gasteiger partial charge is 0.284 e. The molecular formula is C25H25NO2S2. The quantitative estimate of drug-likeness (QED) is 0.471. The van der Waals surface area contributed by atoms with Crippen LogP contribution in [0.25, 0.3) is 0 Å². The molecule has 3 aromatic carbocycles. The second-order valence-corrected chi connectivity index (χ2v) is 10.3. The molecule has 154 valence electrons. The van der Waals surface area contributed by atoms with Crippen LogP contribution in [0.5, 0.6) is 0 Å². The summed E-state index contributed by atoms with van der Waals surface area (Å²) in [6, 6.07) is 28.6. The van der Waals surface area contributed by atoms with Gasteiger partial charge in [-0.25, -0.2) is 8.42 Å². The van der Waals surface area contributed by atoms with E-state index in [0.717, 1.165) is 16.0 Å². The van der Waals surface area contributed by atoms with Crippen molar-refractivity contribution in [2.24, 2.45) is 0 Å². The van der Waals surface area contributed by atoms with Crippen LogP contribution in [0.4, 0.5) is 0 Å². The van der Waals surface area contributed by atoms with Crippen LogP contribution in [0, 0.1) is 0 Å². The zero-order valence-electron chi connectivity index (χ0n) is 16.9. The third-order valence-corrected chi connectivity index (χ3v) is 7.45. The Bertz CT molecular complexity index is 1060. The topological polar surface area (TPSA) is 37.4 Å². The number of likely N-dealkylation sites (tertiary alicyclic amines) is 1. The van der Waals surface area contributed by atoms with Gasteiger partial charge >= 0.3 is 0 Å². The Balaban J connectivity index is 1.48. The second kappa shape index (κ2) is 9.21. The lowest BCUT2D eigenvalue weighted by Gasteiger charge is -2.41. The van der Waals surface area contributed by atoms with Gasteiger partial charge in [0.25, 0.3) is 0 Å². The molecule has 0 atom stereocenters. The molecule has 30 heavy (non-hydrogen) atoms. The lowest BCUT2D eigenvalue weighted by molar-refractivity contribution is 0.202. The SMILES string of the molecule is CSc1ccc(CS(=O)(=O)C=C2CN(C(c3ccccc3)c3ccccc3)C2)cc1. The Morgan fingerprint density at radius 2 is 1.40 bits per heavy atom. The molecule has 0 spiro atoms. The fourth-order valence-corrected chi connectivity index (χ4v) is 5.67. The van der Waals surface area contributed by atoms with Crippen LogP contribution in [0.1, 0.15) is 22.7 Å². The molecule has 5 heteroatoms. The van der Waals surface area contributed by atoms with Crippen molar-refractivity contribution >= 4 is 21.6 Å². The van der Waals surface area contributed by atoms with Gasteiger partial charge in [0, 0.05) is 23.4 Å². The minimum absolute atomic E-state index is 0.0476. The van der Waals surface area contributed by atoms with Gasteiger partial charge in [-0.1, -0.05) is 72.8 Å². The predicted octanol–water partition coefficient (Wildman–Crippen LogP) is 5.31.